The first kappa shape index (κ1) is 25.5. The second-order valence-corrected chi connectivity index (χ2v) is 9.63. The lowest BCUT2D eigenvalue weighted by atomic mass is 10.1. The van der Waals surface area contributed by atoms with Gasteiger partial charge in [0.05, 0.1) is 20.1 Å². The van der Waals surface area contributed by atoms with Gasteiger partial charge >= 0.3 is 0 Å². The predicted molar refractivity (Wildman–Crippen MR) is 147 cm³/mol. The van der Waals surface area contributed by atoms with Crippen molar-refractivity contribution in [3.05, 3.63) is 66.7 Å². The lowest BCUT2D eigenvalue weighted by Gasteiger charge is -2.39. The van der Waals surface area contributed by atoms with E-state index in [4.69, 9.17) is 4.74 Å². The summed E-state index contributed by atoms with van der Waals surface area (Å²) in [5.74, 6) is 0.112. The largest absolute Gasteiger partial charge is 0.497 e. The SMILES string of the molecule is COc1ccc(N2CCN(CC(=O)N3CCNC(=O)C3CC(=O)Nc3cccc4ccccc34)CC2)cc1. The van der Waals surface area contributed by atoms with Crippen molar-refractivity contribution in [2.75, 3.05) is 63.1 Å². The van der Waals surface area contributed by atoms with Crippen molar-refractivity contribution in [1.82, 2.24) is 15.1 Å². The summed E-state index contributed by atoms with van der Waals surface area (Å²) in [6.45, 7) is 4.09. The highest BCUT2D eigenvalue weighted by Crippen LogP contribution is 2.24. The fraction of sp³-hybridized carbons (Fsp3) is 0.345. The van der Waals surface area contributed by atoms with Crippen LogP contribution in [0.3, 0.4) is 0 Å². The van der Waals surface area contributed by atoms with Crippen LogP contribution in [0, 0.1) is 0 Å². The molecule has 2 saturated heterocycles. The zero-order valence-corrected chi connectivity index (χ0v) is 21.6. The van der Waals surface area contributed by atoms with Crippen LogP contribution in [-0.2, 0) is 14.4 Å². The fourth-order valence-electron chi connectivity index (χ4n) is 5.17. The normalized spacial score (nSPS) is 18.2. The molecule has 0 radical (unpaired) electrons. The van der Waals surface area contributed by atoms with E-state index in [1.165, 1.54) is 0 Å². The third kappa shape index (κ3) is 5.73. The molecule has 0 saturated carbocycles. The molecule has 2 N–H and O–H groups in total. The summed E-state index contributed by atoms with van der Waals surface area (Å²) in [4.78, 5) is 45.0. The molecule has 1 unspecified atom stereocenters. The molecule has 0 spiro atoms. The van der Waals surface area contributed by atoms with Crippen molar-refractivity contribution in [3.63, 3.8) is 0 Å². The molecule has 0 bridgehead atoms. The Kier molecular flexibility index (Phi) is 7.74. The Balaban J connectivity index is 1.18. The number of nitrogens with one attached hydrogen (secondary N) is 2. The smallest absolute Gasteiger partial charge is 0.243 e. The number of carbonyl (C=O) groups is 3. The molecule has 2 aliphatic rings. The number of rotatable bonds is 7. The van der Waals surface area contributed by atoms with Crippen molar-refractivity contribution in [2.24, 2.45) is 0 Å². The average molecular weight is 516 g/mol. The Bertz CT molecular complexity index is 1300. The molecule has 2 aliphatic heterocycles. The van der Waals surface area contributed by atoms with Gasteiger partial charge in [0.1, 0.15) is 11.8 Å². The Labute approximate surface area is 222 Å². The zero-order valence-electron chi connectivity index (χ0n) is 21.6. The van der Waals surface area contributed by atoms with Crippen molar-refractivity contribution < 1.29 is 19.1 Å². The van der Waals surface area contributed by atoms with E-state index in [-0.39, 0.29) is 30.7 Å². The topological polar surface area (TPSA) is 94.2 Å². The number of benzene rings is 3. The second kappa shape index (κ2) is 11.5. The highest BCUT2D eigenvalue weighted by Gasteiger charge is 2.35. The van der Waals surface area contributed by atoms with E-state index < -0.39 is 6.04 Å². The molecular formula is C29H33N5O4. The zero-order chi connectivity index (χ0) is 26.5. The number of ether oxygens (including phenoxy) is 1. The van der Waals surface area contributed by atoms with E-state index in [1.54, 1.807) is 12.0 Å². The van der Waals surface area contributed by atoms with Crippen LogP contribution in [0.5, 0.6) is 5.75 Å². The van der Waals surface area contributed by atoms with Gasteiger partial charge in [-0.15, -0.1) is 0 Å². The number of piperazine rings is 2. The summed E-state index contributed by atoms with van der Waals surface area (Å²) in [5.41, 5.74) is 1.82. The highest BCUT2D eigenvalue weighted by atomic mass is 16.5. The Morgan fingerprint density at radius 2 is 1.68 bits per heavy atom. The molecule has 9 nitrogen and oxygen atoms in total. The number of fused-ring (bicyclic) bond motifs is 1. The number of amides is 3. The average Bonchev–Trinajstić information content (AvgIpc) is 2.95. The van der Waals surface area contributed by atoms with Crippen LogP contribution >= 0.6 is 0 Å². The van der Waals surface area contributed by atoms with Crippen LogP contribution in [-0.4, -0.2) is 86.5 Å². The van der Waals surface area contributed by atoms with Crippen molar-refractivity contribution in [1.29, 1.82) is 0 Å². The van der Waals surface area contributed by atoms with Gasteiger partial charge in [0.2, 0.25) is 17.7 Å². The van der Waals surface area contributed by atoms with Gasteiger partial charge < -0.3 is 25.2 Å². The minimum absolute atomic E-state index is 0.0912. The van der Waals surface area contributed by atoms with E-state index in [1.807, 2.05) is 66.7 Å². The summed E-state index contributed by atoms with van der Waals surface area (Å²) in [5, 5.41) is 7.70. The van der Waals surface area contributed by atoms with E-state index in [0.717, 1.165) is 48.4 Å². The standard InChI is InChI=1S/C29H33N5O4/c1-38-23-11-9-22(10-12-23)33-17-15-32(16-18-33)20-28(36)34-14-13-30-29(37)26(34)19-27(35)31-25-8-4-6-21-5-2-3-7-24(21)25/h2-12,26H,13-20H2,1H3,(H,30,37)(H,31,35). The lowest BCUT2D eigenvalue weighted by Crippen LogP contribution is -2.60. The molecule has 3 aromatic carbocycles. The second-order valence-electron chi connectivity index (χ2n) is 9.63. The molecule has 5 rings (SSSR count). The maximum absolute atomic E-state index is 13.3. The summed E-state index contributed by atoms with van der Waals surface area (Å²) in [6.07, 6.45) is -0.0912. The third-order valence-electron chi connectivity index (χ3n) is 7.26. The number of hydrogen-bond acceptors (Lipinski definition) is 6. The number of carbonyl (C=O) groups excluding carboxylic acids is 3. The van der Waals surface area contributed by atoms with Gasteiger partial charge in [-0.1, -0.05) is 36.4 Å². The van der Waals surface area contributed by atoms with E-state index in [2.05, 4.69) is 20.4 Å². The van der Waals surface area contributed by atoms with Crippen LogP contribution < -0.4 is 20.3 Å². The number of nitrogens with zero attached hydrogens (tertiary/aromatic N) is 3. The summed E-state index contributed by atoms with van der Waals surface area (Å²) in [7, 11) is 1.65. The fourth-order valence-corrected chi connectivity index (χ4v) is 5.17. The maximum Gasteiger partial charge on any atom is 0.243 e. The molecule has 0 aromatic heterocycles. The van der Waals surface area contributed by atoms with E-state index >= 15 is 0 Å². The first-order valence-corrected chi connectivity index (χ1v) is 13.0. The molecule has 3 aromatic rings. The maximum atomic E-state index is 13.3. The predicted octanol–water partition coefficient (Wildman–Crippen LogP) is 2.33. The summed E-state index contributed by atoms with van der Waals surface area (Å²) < 4.78 is 5.24. The van der Waals surface area contributed by atoms with Crippen molar-refractivity contribution in [3.8, 4) is 5.75 Å². The van der Waals surface area contributed by atoms with E-state index in [9.17, 15) is 14.4 Å². The summed E-state index contributed by atoms with van der Waals surface area (Å²) >= 11 is 0. The molecule has 3 amide bonds. The molecule has 38 heavy (non-hydrogen) atoms. The first-order valence-electron chi connectivity index (χ1n) is 13.0. The number of hydrogen-bond donors (Lipinski definition) is 2. The Morgan fingerprint density at radius 3 is 2.45 bits per heavy atom. The molecular weight excluding hydrogens is 482 g/mol. The van der Waals surface area contributed by atoms with Gasteiger partial charge in [-0.3, -0.25) is 19.3 Å². The van der Waals surface area contributed by atoms with E-state index in [0.29, 0.717) is 18.8 Å². The number of anilines is 2. The van der Waals surface area contributed by atoms with Gasteiger partial charge in [0.25, 0.3) is 0 Å². The molecule has 1 atom stereocenters. The molecule has 198 valence electrons. The van der Waals surface area contributed by atoms with Crippen LogP contribution in [0.15, 0.2) is 66.7 Å². The lowest BCUT2D eigenvalue weighted by molar-refractivity contribution is -0.145. The molecule has 2 heterocycles. The molecule has 2 fully saturated rings. The Hall–Kier alpha value is -4.11. The quantitative estimate of drug-likeness (QED) is 0.502. The Morgan fingerprint density at radius 1 is 0.947 bits per heavy atom. The third-order valence-corrected chi connectivity index (χ3v) is 7.26. The van der Waals surface area contributed by atoms with Crippen LogP contribution in [0.4, 0.5) is 11.4 Å². The van der Waals surface area contributed by atoms with Crippen molar-refractivity contribution in [2.45, 2.75) is 12.5 Å². The molecule has 0 aliphatic carbocycles. The number of methoxy groups -OCH3 is 1. The van der Waals surface area contributed by atoms with Gasteiger partial charge in [0, 0.05) is 56.0 Å². The van der Waals surface area contributed by atoms with Crippen LogP contribution in [0.2, 0.25) is 0 Å². The van der Waals surface area contributed by atoms with Gasteiger partial charge in [-0.25, -0.2) is 0 Å². The molecule has 9 heteroatoms. The van der Waals surface area contributed by atoms with Gasteiger partial charge in [-0.05, 0) is 35.7 Å². The van der Waals surface area contributed by atoms with Gasteiger partial charge in [0.15, 0.2) is 0 Å². The van der Waals surface area contributed by atoms with Crippen molar-refractivity contribution >= 4 is 39.9 Å². The van der Waals surface area contributed by atoms with Gasteiger partial charge in [-0.2, -0.15) is 0 Å². The van der Waals surface area contributed by atoms with Crippen LogP contribution in [0.1, 0.15) is 6.42 Å². The monoisotopic (exact) mass is 515 g/mol. The minimum Gasteiger partial charge on any atom is -0.497 e. The first-order chi connectivity index (χ1) is 18.5. The summed E-state index contributed by atoms with van der Waals surface area (Å²) in [6, 6.07) is 20.7. The van der Waals surface area contributed by atoms with Crippen LogP contribution in [0.25, 0.3) is 10.8 Å². The highest BCUT2D eigenvalue weighted by molar-refractivity contribution is 6.04. The minimum atomic E-state index is -0.827.